The minimum absolute atomic E-state index is 0.0439. The van der Waals surface area contributed by atoms with Crippen molar-refractivity contribution in [2.24, 2.45) is 5.92 Å². The Bertz CT molecular complexity index is 833. The number of hydrogen-bond donors (Lipinski definition) is 1. The predicted molar refractivity (Wildman–Crippen MR) is 108 cm³/mol. The molecule has 0 aromatic heterocycles. The molecular formula is C22H24N2O5. The molecule has 0 spiro atoms. The van der Waals surface area contributed by atoms with E-state index in [2.05, 4.69) is 0 Å². The highest BCUT2D eigenvalue weighted by Gasteiger charge is 2.31. The predicted octanol–water partition coefficient (Wildman–Crippen LogP) is 2.42. The zero-order valence-corrected chi connectivity index (χ0v) is 16.1. The Kier molecular flexibility index (Phi) is 6.84. The Balaban J connectivity index is 1.55. The summed E-state index contributed by atoms with van der Waals surface area (Å²) in [5, 5.41) is 9.20. The average Bonchev–Trinajstić information content (AvgIpc) is 2.76. The SMILES string of the molecule is O=C(O)CN(C(=O)C1CCN(C(=O)COc2ccccc2)CC1)c1ccccc1. The number of carbonyl (C=O) groups excluding carboxylic acids is 2. The maximum Gasteiger partial charge on any atom is 0.323 e. The Morgan fingerprint density at radius 1 is 0.966 bits per heavy atom. The van der Waals surface area contributed by atoms with Crippen molar-refractivity contribution in [2.45, 2.75) is 12.8 Å². The van der Waals surface area contributed by atoms with Gasteiger partial charge in [0.05, 0.1) is 0 Å². The van der Waals surface area contributed by atoms with Gasteiger partial charge >= 0.3 is 5.97 Å². The molecule has 152 valence electrons. The number of carboxylic acids is 1. The molecule has 2 amide bonds. The van der Waals surface area contributed by atoms with Crippen LogP contribution in [-0.2, 0) is 14.4 Å². The van der Waals surface area contributed by atoms with Gasteiger partial charge in [-0.25, -0.2) is 0 Å². The molecule has 1 saturated heterocycles. The quantitative estimate of drug-likeness (QED) is 0.777. The van der Waals surface area contributed by atoms with Crippen molar-refractivity contribution in [1.29, 1.82) is 0 Å². The molecule has 1 N–H and O–H groups in total. The first-order valence-corrected chi connectivity index (χ1v) is 9.58. The lowest BCUT2D eigenvalue weighted by atomic mass is 9.95. The topological polar surface area (TPSA) is 87.2 Å². The van der Waals surface area contributed by atoms with Crippen LogP contribution in [0.3, 0.4) is 0 Å². The number of ether oxygens (including phenoxy) is 1. The van der Waals surface area contributed by atoms with Gasteiger partial charge in [0.25, 0.3) is 5.91 Å². The van der Waals surface area contributed by atoms with Gasteiger partial charge in [0.1, 0.15) is 12.3 Å². The number of benzene rings is 2. The van der Waals surface area contributed by atoms with E-state index in [1.165, 1.54) is 4.90 Å². The van der Waals surface area contributed by atoms with Crippen LogP contribution in [0.25, 0.3) is 0 Å². The van der Waals surface area contributed by atoms with Crippen LogP contribution in [0, 0.1) is 5.92 Å². The summed E-state index contributed by atoms with van der Waals surface area (Å²) < 4.78 is 5.50. The zero-order valence-electron chi connectivity index (χ0n) is 16.1. The Hall–Kier alpha value is -3.35. The van der Waals surface area contributed by atoms with Gasteiger partial charge in [0.15, 0.2) is 6.61 Å². The lowest BCUT2D eigenvalue weighted by molar-refractivity contribution is -0.138. The zero-order chi connectivity index (χ0) is 20.6. The third-order valence-electron chi connectivity index (χ3n) is 4.93. The Labute approximate surface area is 169 Å². The van der Waals surface area contributed by atoms with Gasteiger partial charge in [-0.05, 0) is 37.1 Å². The maximum absolute atomic E-state index is 13.0. The number of rotatable bonds is 7. The van der Waals surface area contributed by atoms with Crippen LogP contribution < -0.4 is 9.64 Å². The standard InChI is InChI=1S/C22H24N2O5/c25-20(16-29-19-9-5-2-6-10-19)23-13-11-17(12-14-23)22(28)24(15-21(26)27)18-7-3-1-4-8-18/h1-10,17H,11-16H2,(H,26,27). The number of likely N-dealkylation sites (tertiary alicyclic amines) is 1. The van der Waals surface area contributed by atoms with E-state index >= 15 is 0 Å². The van der Waals surface area contributed by atoms with E-state index in [-0.39, 0.29) is 30.9 Å². The van der Waals surface area contributed by atoms with Crippen LogP contribution >= 0.6 is 0 Å². The smallest absolute Gasteiger partial charge is 0.323 e. The molecule has 1 aliphatic rings. The van der Waals surface area contributed by atoms with Crippen molar-refractivity contribution in [2.75, 3.05) is 31.1 Å². The number of nitrogens with zero attached hydrogens (tertiary/aromatic N) is 2. The summed E-state index contributed by atoms with van der Waals surface area (Å²) in [5.41, 5.74) is 0.565. The van der Waals surface area contributed by atoms with Crippen molar-refractivity contribution < 1.29 is 24.2 Å². The molecule has 1 fully saturated rings. The fraction of sp³-hybridized carbons (Fsp3) is 0.318. The molecule has 0 atom stereocenters. The number of anilines is 1. The highest BCUT2D eigenvalue weighted by molar-refractivity contribution is 5.98. The van der Waals surface area contributed by atoms with Crippen molar-refractivity contribution in [3.63, 3.8) is 0 Å². The molecule has 0 aliphatic carbocycles. The van der Waals surface area contributed by atoms with Crippen molar-refractivity contribution >= 4 is 23.5 Å². The minimum Gasteiger partial charge on any atom is -0.484 e. The molecular weight excluding hydrogens is 372 g/mol. The first kappa shape index (κ1) is 20.4. The van der Waals surface area contributed by atoms with Crippen LogP contribution in [0.1, 0.15) is 12.8 Å². The van der Waals surface area contributed by atoms with E-state index < -0.39 is 5.97 Å². The number of para-hydroxylation sites is 2. The summed E-state index contributed by atoms with van der Waals surface area (Å²) in [4.78, 5) is 39.6. The lowest BCUT2D eigenvalue weighted by Gasteiger charge is -2.33. The van der Waals surface area contributed by atoms with E-state index in [0.29, 0.717) is 37.4 Å². The van der Waals surface area contributed by atoms with E-state index in [4.69, 9.17) is 4.74 Å². The molecule has 0 bridgehead atoms. The van der Waals surface area contributed by atoms with Gasteiger partial charge in [-0.1, -0.05) is 36.4 Å². The van der Waals surface area contributed by atoms with Gasteiger partial charge in [-0.15, -0.1) is 0 Å². The molecule has 3 rings (SSSR count). The molecule has 1 aliphatic heterocycles. The fourth-order valence-electron chi connectivity index (χ4n) is 3.39. The molecule has 0 unspecified atom stereocenters. The van der Waals surface area contributed by atoms with Crippen LogP contribution in [0.15, 0.2) is 60.7 Å². The van der Waals surface area contributed by atoms with Gasteiger partial charge in [-0.3, -0.25) is 14.4 Å². The van der Waals surface area contributed by atoms with Gasteiger partial charge in [0, 0.05) is 24.7 Å². The molecule has 1 heterocycles. The van der Waals surface area contributed by atoms with Crippen LogP contribution in [-0.4, -0.2) is 54.0 Å². The summed E-state index contributed by atoms with van der Waals surface area (Å²) in [6.07, 6.45) is 0.998. The maximum atomic E-state index is 13.0. The molecule has 2 aromatic carbocycles. The highest BCUT2D eigenvalue weighted by Crippen LogP contribution is 2.23. The molecule has 2 aromatic rings. The van der Waals surface area contributed by atoms with E-state index in [0.717, 1.165) is 0 Å². The second kappa shape index (κ2) is 9.73. The van der Waals surface area contributed by atoms with Crippen LogP contribution in [0.5, 0.6) is 5.75 Å². The highest BCUT2D eigenvalue weighted by atomic mass is 16.5. The summed E-state index contributed by atoms with van der Waals surface area (Å²) in [7, 11) is 0. The molecule has 7 nitrogen and oxygen atoms in total. The van der Waals surface area contributed by atoms with E-state index in [1.54, 1.807) is 41.3 Å². The number of carboxylic acid groups (broad SMARTS) is 1. The number of hydrogen-bond acceptors (Lipinski definition) is 4. The van der Waals surface area contributed by atoms with Crippen molar-refractivity contribution in [1.82, 2.24) is 4.90 Å². The van der Waals surface area contributed by atoms with E-state index in [9.17, 15) is 19.5 Å². The first-order chi connectivity index (χ1) is 14.0. The summed E-state index contributed by atoms with van der Waals surface area (Å²) in [6.45, 7) is 0.469. The molecule has 0 radical (unpaired) electrons. The average molecular weight is 396 g/mol. The van der Waals surface area contributed by atoms with Crippen LogP contribution in [0.4, 0.5) is 5.69 Å². The lowest BCUT2D eigenvalue weighted by Crippen LogP contribution is -2.46. The third-order valence-corrected chi connectivity index (χ3v) is 4.93. The second-order valence-electron chi connectivity index (χ2n) is 6.91. The Morgan fingerprint density at radius 2 is 1.55 bits per heavy atom. The molecule has 7 heteroatoms. The number of piperidine rings is 1. The van der Waals surface area contributed by atoms with Crippen molar-refractivity contribution in [3.05, 3.63) is 60.7 Å². The normalized spacial score (nSPS) is 14.3. The van der Waals surface area contributed by atoms with Gasteiger partial charge < -0.3 is 19.6 Å². The van der Waals surface area contributed by atoms with Crippen molar-refractivity contribution in [3.8, 4) is 5.75 Å². The Morgan fingerprint density at radius 3 is 2.14 bits per heavy atom. The first-order valence-electron chi connectivity index (χ1n) is 9.58. The molecule has 0 saturated carbocycles. The van der Waals surface area contributed by atoms with E-state index in [1.807, 2.05) is 24.3 Å². The monoisotopic (exact) mass is 396 g/mol. The van der Waals surface area contributed by atoms with Crippen LogP contribution in [0.2, 0.25) is 0 Å². The summed E-state index contributed by atoms with van der Waals surface area (Å²) >= 11 is 0. The van der Waals surface area contributed by atoms with Gasteiger partial charge in [-0.2, -0.15) is 0 Å². The third kappa shape index (κ3) is 5.57. The summed E-state index contributed by atoms with van der Waals surface area (Å²) in [5.74, 6) is -1.07. The number of amides is 2. The largest absolute Gasteiger partial charge is 0.484 e. The second-order valence-corrected chi connectivity index (χ2v) is 6.91. The fourth-order valence-corrected chi connectivity index (χ4v) is 3.39. The minimum atomic E-state index is -1.06. The summed E-state index contributed by atoms with van der Waals surface area (Å²) in [6, 6.07) is 17.9. The number of carbonyl (C=O) groups is 3. The number of aliphatic carboxylic acids is 1. The molecule has 29 heavy (non-hydrogen) atoms. The van der Waals surface area contributed by atoms with Gasteiger partial charge in [0.2, 0.25) is 5.91 Å².